The number of anilines is 1. The molecule has 0 aliphatic carbocycles. The third-order valence-corrected chi connectivity index (χ3v) is 3.38. The first-order chi connectivity index (χ1) is 8.26. The van der Waals surface area contributed by atoms with Crippen molar-refractivity contribution >= 4 is 5.69 Å². The number of nitriles is 2. The predicted octanol–water partition coefficient (Wildman–Crippen LogP) is 2.67. The van der Waals surface area contributed by atoms with E-state index >= 15 is 0 Å². The second-order valence-corrected chi connectivity index (χ2v) is 4.59. The van der Waals surface area contributed by atoms with Crippen molar-refractivity contribution in [3.05, 3.63) is 29.3 Å². The summed E-state index contributed by atoms with van der Waals surface area (Å²) in [5, 5.41) is 18.3. The molecule has 1 saturated heterocycles. The molecule has 3 nitrogen and oxygen atoms in total. The second kappa shape index (κ2) is 4.89. The van der Waals surface area contributed by atoms with Gasteiger partial charge in [0, 0.05) is 13.1 Å². The van der Waals surface area contributed by atoms with Crippen LogP contribution in [0, 0.1) is 28.6 Å². The molecule has 1 aromatic rings. The van der Waals surface area contributed by atoms with E-state index in [-0.39, 0.29) is 0 Å². The summed E-state index contributed by atoms with van der Waals surface area (Å²) in [4.78, 5) is 2.18. The minimum absolute atomic E-state index is 0.610. The predicted molar refractivity (Wildman–Crippen MR) is 66.5 cm³/mol. The lowest BCUT2D eigenvalue weighted by molar-refractivity contribution is 0.438. The van der Waals surface area contributed by atoms with Crippen LogP contribution in [-0.2, 0) is 0 Å². The minimum Gasteiger partial charge on any atom is -0.369 e. The van der Waals surface area contributed by atoms with Gasteiger partial charge in [-0.3, -0.25) is 0 Å². The summed E-state index contributed by atoms with van der Waals surface area (Å²) >= 11 is 0. The van der Waals surface area contributed by atoms with Gasteiger partial charge in [0.15, 0.2) is 0 Å². The van der Waals surface area contributed by atoms with Crippen molar-refractivity contribution in [2.24, 2.45) is 5.92 Å². The zero-order valence-electron chi connectivity index (χ0n) is 9.98. The molecule has 0 bridgehead atoms. The van der Waals surface area contributed by atoms with Gasteiger partial charge in [0.25, 0.3) is 0 Å². The maximum absolute atomic E-state index is 9.13. The molecule has 0 amide bonds. The SMILES string of the molecule is CC1CCN(c2c(C#N)cccc2C#N)CC1. The summed E-state index contributed by atoms with van der Waals surface area (Å²) in [7, 11) is 0. The van der Waals surface area contributed by atoms with E-state index in [0.717, 1.165) is 37.5 Å². The Kier molecular flexibility index (Phi) is 3.30. The van der Waals surface area contributed by atoms with E-state index in [0.29, 0.717) is 11.1 Å². The van der Waals surface area contributed by atoms with Crippen LogP contribution in [0.1, 0.15) is 30.9 Å². The van der Waals surface area contributed by atoms with Crippen molar-refractivity contribution in [1.82, 2.24) is 0 Å². The largest absolute Gasteiger partial charge is 0.369 e. The van der Waals surface area contributed by atoms with Crippen LogP contribution in [0.5, 0.6) is 0 Å². The van der Waals surface area contributed by atoms with Crippen LogP contribution in [0.4, 0.5) is 5.69 Å². The fourth-order valence-corrected chi connectivity index (χ4v) is 2.30. The topological polar surface area (TPSA) is 50.8 Å². The standard InChI is InChI=1S/C14H15N3/c1-11-5-7-17(8-6-11)14-12(9-15)3-2-4-13(14)10-16/h2-4,11H,5-8H2,1H3. The number of piperidine rings is 1. The molecule has 0 radical (unpaired) electrons. The Hall–Kier alpha value is -2.00. The normalized spacial score (nSPS) is 16.3. The molecular formula is C14H15N3. The number of nitrogens with zero attached hydrogens (tertiary/aromatic N) is 3. The summed E-state index contributed by atoms with van der Waals surface area (Å²) in [6.45, 7) is 4.13. The fourth-order valence-electron chi connectivity index (χ4n) is 2.30. The highest BCUT2D eigenvalue weighted by Gasteiger charge is 2.20. The van der Waals surface area contributed by atoms with Crippen LogP contribution in [0.15, 0.2) is 18.2 Å². The van der Waals surface area contributed by atoms with Gasteiger partial charge in [-0.2, -0.15) is 10.5 Å². The molecule has 2 rings (SSSR count). The lowest BCUT2D eigenvalue weighted by Gasteiger charge is -2.33. The van der Waals surface area contributed by atoms with Crippen molar-refractivity contribution < 1.29 is 0 Å². The molecular weight excluding hydrogens is 210 g/mol. The summed E-state index contributed by atoms with van der Waals surface area (Å²) in [5.74, 6) is 0.742. The van der Waals surface area contributed by atoms with Crippen molar-refractivity contribution in [3.8, 4) is 12.1 Å². The summed E-state index contributed by atoms with van der Waals surface area (Å²) < 4.78 is 0. The molecule has 1 aliphatic heterocycles. The van der Waals surface area contributed by atoms with E-state index in [1.165, 1.54) is 0 Å². The van der Waals surface area contributed by atoms with E-state index in [9.17, 15) is 0 Å². The van der Waals surface area contributed by atoms with Crippen LogP contribution >= 0.6 is 0 Å². The van der Waals surface area contributed by atoms with Gasteiger partial charge < -0.3 is 4.90 Å². The molecule has 0 aromatic heterocycles. The average Bonchev–Trinajstić information content (AvgIpc) is 2.38. The number of hydrogen-bond donors (Lipinski definition) is 0. The number of para-hydroxylation sites is 1. The minimum atomic E-state index is 0.610. The first-order valence-electron chi connectivity index (χ1n) is 5.94. The van der Waals surface area contributed by atoms with Crippen LogP contribution < -0.4 is 4.90 Å². The number of benzene rings is 1. The Labute approximate surface area is 102 Å². The zero-order chi connectivity index (χ0) is 12.3. The summed E-state index contributed by atoms with van der Waals surface area (Å²) in [5.41, 5.74) is 2.04. The molecule has 1 aliphatic rings. The van der Waals surface area contributed by atoms with Gasteiger partial charge in [-0.05, 0) is 30.9 Å². The fraction of sp³-hybridized carbons (Fsp3) is 0.429. The maximum atomic E-state index is 9.13. The smallest absolute Gasteiger partial charge is 0.101 e. The van der Waals surface area contributed by atoms with E-state index in [2.05, 4.69) is 24.0 Å². The molecule has 1 fully saturated rings. The van der Waals surface area contributed by atoms with Crippen LogP contribution in [0.2, 0.25) is 0 Å². The van der Waals surface area contributed by atoms with Crippen molar-refractivity contribution in [2.45, 2.75) is 19.8 Å². The molecule has 3 heteroatoms. The Morgan fingerprint density at radius 3 is 2.12 bits per heavy atom. The van der Waals surface area contributed by atoms with E-state index < -0.39 is 0 Å². The highest BCUT2D eigenvalue weighted by Crippen LogP contribution is 2.29. The zero-order valence-corrected chi connectivity index (χ0v) is 9.98. The number of rotatable bonds is 1. The molecule has 1 aromatic carbocycles. The van der Waals surface area contributed by atoms with Gasteiger partial charge >= 0.3 is 0 Å². The first kappa shape index (κ1) is 11.5. The van der Waals surface area contributed by atoms with Gasteiger partial charge in [0.2, 0.25) is 0 Å². The van der Waals surface area contributed by atoms with Gasteiger partial charge in [-0.25, -0.2) is 0 Å². The number of hydrogen-bond acceptors (Lipinski definition) is 3. The lowest BCUT2D eigenvalue weighted by atomic mass is 9.97. The van der Waals surface area contributed by atoms with Gasteiger partial charge in [-0.1, -0.05) is 13.0 Å². The van der Waals surface area contributed by atoms with E-state index in [1.807, 2.05) is 0 Å². The molecule has 1 heterocycles. The lowest BCUT2D eigenvalue weighted by Crippen LogP contribution is -2.33. The molecule has 0 spiro atoms. The van der Waals surface area contributed by atoms with Crippen molar-refractivity contribution in [1.29, 1.82) is 10.5 Å². The van der Waals surface area contributed by atoms with E-state index in [1.54, 1.807) is 18.2 Å². The van der Waals surface area contributed by atoms with Crippen LogP contribution in [0.25, 0.3) is 0 Å². The van der Waals surface area contributed by atoms with Crippen LogP contribution in [0.3, 0.4) is 0 Å². The van der Waals surface area contributed by atoms with E-state index in [4.69, 9.17) is 10.5 Å². The molecule has 0 N–H and O–H groups in total. The molecule has 0 unspecified atom stereocenters. The third-order valence-electron chi connectivity index (χ3n) is 3.38. The van der Waals surface area contributed by atoms with Gasteiger partial charge in [0.1, 0.15) is 12.1 Å². The summed E-state index contributed by atoms with van der Waals surface area (Å²) in [6.07, 6.45) is 2.26. The molecule has 0 atom stereocenters. The Morgan fingerprint density at radius 1 is 1.12 bits per heavy atom. The summed E-state index contributed by atoms with van der Waals surface area (Å²) in [6, 6.07) is 9.71. The molecule has 0 saturated carbocycles. The monoisotopic (exact) mass is 225 g/mol. The highest BCUT2D eigenvalue weighted by atomic mass is 15.1. The molecule has 86 valence electrons. The highest BCUT2D eigenvalue weighted by molar-refractivity contribution is 5.68. The first-order valence-corrected chi connectivity index (χ1v) is 5.94. The average molecular weight is 225 g/mol. The Balaban J connectivity index is 2.38. The maximum Gasteiger partial charge on any atom is 0.101 e. The van der Waals surface area contributed by atoms with Gasteiger partial charge in [0.05, 0.1) is 16.8 Å². The van der Waals surface area contributed by atoms with Crippen LogP contribution in [-0.4, -0.2) is 13.1 Å². The quantitative estimate of drug-likeness (QED) is 0.738. The van der Waals surface area contributed by atoms with Crippen molar-refractivity contribution in [2.75, 3.05) is 18.0 Å². The van der Waals surface area contributed by atoms with Gasteiger partial charge in [-0.15, -0.1) is 0 Å². The Morgan fingerprint density at radius 2 is 1.65 bits per heavy atom. The second-order valence-electron chi connectivity index (χ2n) is 4.59. The third kappa shape index (κ3) is 2.24. The molecule has 17 heavy (non-hydrogen) atoms. The van der Waals surface area contributed by atoms with Crippen molar-refractivity contribution in [3.63, 3.8) is 0 Å². The Bertz CT molecular complexity index is 453.